The number of hydrogen-bond acceptors (Lipinski definition) is 10. The maximum absolute atomic E-state index is 14.1. The molecule has 6 heterocycles. The molecule has 2 saturated heterocycles. The average molecular weight is 915 g/mol. The molecule has 67 heavy (non-hydrogen) atoms. The maximum atomic E-state index is 14.1. The van der Waals surface area contributed by atoms with Gasteiger partial charge in [0.05, 0.1) is 43.4 Å². The molecule has 2 aromatic carbocycles. The smallest absolute Gasteiger partial charge is 0.332 e. The first kappa shape index (κ1) is 47.2. The number of anilines is 2. The average Bonchev–Trinajstić information content (AvgIpc) is 3.90. The summed E-state index contributed by atoms with van der Waals surface area (Å²) in [4.78, 5) is 67.0. The summed E-state index contributed by atoms with van der Waals surface area (Å²) >= 11 is 0. The summed E-state index contributed by atoms with van der Waals surface area (Å²) in [5.74, 6) is 10.8. The molecule has 2 aliphatic heterocycles. The monoisotopic (exact) mass is 914 g/mol. The molecular formula is C48H49F3N12O4. The van der Waals surface area contributed by atoms with Crippen molar-refractivity contribution >= 4 is 34.2 Å². The Balaban J connectivity index is 0.000000199. The second kappa shape index (κ2) is 19.8. The van der Waals surface area contributed by atoms with Gasteiger partial charge in [0, 0.05) is 40.3 Å². The lowest BCUT2D eigenvalue weighted by Gasteiger charge is -2.31. The van der Waals surface area contributed by atoms with E-state index in [0.717, 1.165) is 73.1 Å². The second-order valence-electron chi connectivity index (χ2n) is 17.0. The molecule has 8 rings (SSSR count). The van der Waals surface area contributed by atoms with Crippen LogP contribution in [0.3, 0.4) is 0 Å². The Morgan fingerprint density at radius 2 is 1.13 bits per heavy atom. The molecule has 2 aliphatic rings. The molecule has 4 aromatic heterocycles. The van der Waals surface area contributed by atoms with Gasteiger partial charge in [-0.3, -0.25) is 37.0 Å². The Bertz CT molecular complexity index is 3390. The first-order chi connectivity index (χ1) is 32.1. The van der Waals surface area contributed by atoms with Crippen LogP contribution >= 0.6 is 0 Å². The molecule has 0 unspecified atom stereocenters. The van der Waals surface area contributed by atoms with Crippen LogP contribution in [0.4, 0.5) is 25.1 Å². The molecule has 2 atom stereocenters. The van der Waals surface area contributed by atoms with Crippen molar-refractivity contribution in [3.8, 4) is 35.8 Å². The molecular weight excluding hydrogens is 866 g/mol. The van der Waals surface area contributed by atoms with Crippen LogP contribution in [0.2, 0.25) is 0 Å². The number of nitrogens with zero attached hydrogens (tertiary/aromatic N) is 12. The fourth-order valence-corrected chi connectivity index (χ4v) is 8.83. The minimum Gasteiger partial charge on any atom is -0.342 e. The van der Waals surface area contributed by atoms with Gasteiger partial charge in [-0.25, -0.2) is 22.8 Å². The Kier molecular flexibility index (Phi) is 13.9. The van der Waals surface area contributed by atoms with Crippen molar-refractivity contribution in [1.82, 2.24) is 37.4 Å². The van der Waals surface area contributed by atoms with E-state index in [-0.39, 0.29) is 70.8 Å². The van der Waals surface area contributed by atoms with Crippen molar-refractivity contribution in [2.75, 3.05) is 36.0 Å². The molecule has 16 nitrogen and oxygen atoms in total. The molecule has 0 radical (unpaired) electrons. The van der Waals surface area contributed by atoms with Gasteiger partial charge >= 0.3 is 11.4 Å². The summed E-state index contributed by atoms with van der Waals surface area (Å²) in [6.45, 7) is 10.8. The van der Waals surface area contributed by atoms with Gasteiger partial charge in [0.15, 0.2) is 34.0 Å². The number of aromatic nitrogens is 8. The number of benzene rings is 2. The quantitative estimate of drug-likeness (QED) is 0.197. The minimum absolute atomic E-state index is 0.0319. The minimum atomic E-state index is -1.17. The molecule has 0 bridgehead atoms. The number of hydrogen-bond donors (Lipinski definition) is 0. The van der Waals surface area contributed by atoms with Crippen LogP contribution in [0.25, 0.3) is 22.3 Å². The SMILES string of the molecule is CC#CCn1c(N2CCC[C@@H](C)C2)nc2c1c(=O)n(Cc1cc(F)c(F)cc1C#N)c(=O)n2C.CC#CCn1c(N2CCC[C@@H](C)C2)nc2c1c(=O)n(Cc1cccc(F)c1C#N)c(=O)n2C. The van der Waals surface area contributed by atoms with Gasteiger partial charge in [-0.15, -0.1) is 11.8 Å². The Hall–Kier alpha value is -7.77. The summed E-state index contributed by atoms with van der Waals surface area (Å²) in [7, 11) is 3.06. The van der Waals surface area contributed by atoms with E-state index in [1.54, 1.807) is 36.1 Å². The van der Waals surface area contributed by atoms with Crippen molar-refractivity contribution in [3.63, 3.8) is 0 Å². The molecule has 0 amide bonds. The lowest BCUT2D eigenvalue weighted by atomic mass is 10.0. The van der Waals surface area contributed by atoms with Crippen molar-refractivity contribution < 1.29 is 13.2 Å². The predicted molar refractivity (Wildman–Crippen MR) is 247 cm³/mol. The van der Waals surface area contributed by atoms with Crippen molar-refractivity contribution in [2.24, 2.45) is 25.9 Å². The lowest BCUT2D eigenvalue weighted by Crippen LogP contribution is -2.40. The first-order valence-corrected chi connectivity index (χ1v) is 21.9. The number of nitriles is 2. The van der Waals surface area contributed by atoms with E-state index >= 15 is 0 Å². The van der Waals surface area contributed by atoms with E-state index in [1.165, 1.54) is 34.4 Å². The van der Waals surface area contributed by atoms with E-state index in [9.17, 15) is 42.9 Å². The number of aryl methyl sites for hydroxylation is 2. The number of imidazole rings is 2. The zero-order valence-corrected chi connectivity index (χ0v) is 38.2. The second-order valence-corrected chi connectivity index (χ2v) is 17.0. The molecule has 6 aromatic rings. The highest BCUT2D eigenvalue weighted by Crippen LogP contribution is 2.27. The highest BCUT2D eigenvalue weighted by atomic mass is 19.2. The van der Waals surface area contributed by atoms with Crippen LogP contribution in [-0.2, 0) is 40.3 Å². The van der Waals surface area contributed by atoms with Gasteiger partial charge in [-0.2, -0.15) is 20.5 Å². The largest absolute Gasteiger partial charge is 0.342 e. The zero-order chi connectivity index (χ0) is 48.3. The fraction of sp³-hybridized carbons (Fsp3) is 0.417. The summed E-state index contributed by atoms with van der Waals surface area (Å²) in [5.41, 5.74) is -1.48. The van der Waals surface area contributed by atoms with E-state index < -0.39 is 39.9 Å². The Labute approximate surface area is 383 Å². The van der Waals surface area contributed by atoms with Gasteiger partial charge in [-0.05, 0) is 80.7 Å². The number of rotatable bonds is 8. The van der Waals surface area contributed by atoms with Crippen LogP contribution in [0.1, 0.15) is 75.6 Å². The van der Waals surface area contributed by atoms with Gasteiger partial charge in [0.25, 0.3) is 11.1 Å². The van der Waals surface area contributed by atoms with Gasteiger partial charge in [-0.1, -0.05) is 37.8 Å². The number of halogens is 3. The molecule has 19 heteroatoms. The van der Waals surface area contributed by atoms with Crippen LogP contribution < -0.4 is 32.3 Å². The standard InChI is InChI=1S/C24H24F2N6O2.C24H25FN6O2/c1-4-5-9-31-20-21(28-23(31)30-8-6-7-15(2)13-30)29(3)24(34)32(22(20)33)14-17-11-19(26)18(25)10-16(17)12-27;1-4-5-12-30-20-21(27-23(30)29-11-7-8-16(2)14-29)28(3)24(33)31(22(20)32)15-17-9-6-10-19(25)18(17)13-26/h10-11,15H,6-9,13-14H2,1-3H3;6,9-10,16H,7-8,11-12,14-15H2,1-3H3/t15-;16-/m11/s1. The highest BCUT2D eigenvalue weighted by molar-refractivity contribution is 5.76. The van der Waals surface area contributed by atoms with E-state index in [2.05, 4.69) is 52.3 Å². The molecule has 0 N–H and O–H groups in total. The van der Waals surface area contributed by atoms with Crippen molar-refractivity contribution in [3.05, 3.63) is 112 Å². The molecule has 346 valence electrons. The summed E-state index contributed by atoms with van der Waals surface area (Å²) < 4.78 is 49.6. The van der Waals surface area contributed by atoms with Crippen LogP contribution in [0.15, 0.2) is 49.5 Å². The summed E-state index contributed by atoms with van der Waals surface area (Å²) in [6.07, 6.45) is 4.24. The maximum Gasteiger partial charge on any atom is 0.332 e. The molecule has 0 spiro atoms. The molecule has 0 saturated carbocycles. The normalized spacial score (nSPS) is 15.8. The van der Waals surface area contributed by atoms with Gasteiger partial charge in [0.2, 0.25) is 11.9 Å². The number of piperidine rings is 2. The third-order valence-electron chi connectivity index (χ3n) is 12.3. The van der Waals surface area contributed by atoms with E-state index in [4.69, 9.17) is 4.98 Å². The topological polar surface area (TPSA) is 178 Å². The van der Waals surface area contributed by atoms with Crippen molar-refractivity contribution in [2.45, 2.75) is 79.6 Å². The van der Waals surface area contributed by atoms with E-state index in [1.807, 2.05) is 6.07 Å². The summed E-state index contributed by atoms with van der Waals surface area (Å²) in [6, 6.07) is 9.38. The number of fused-ring (bicyclic) bond motifs is 2. The lowest BCUT2D eigenvalue weighted by molar-refractivity contribution is 0.439. The fourth-order valence-electron chi connectivity index (χ4n) is 8.83. The molecule has 0 aliphatic carbocycles. The van der Waals surface area contributed by atoms with E-state index in [0.29, 0.717) is 23.7 Å². The third kappa shape index (κ3) is 9.10. The third-order valence-corrected chi connectivity index (χ3v) is 12.3. The predicted octanol–water partition coefficient (Wildman–Crippen LogP) is 4.57. The van der Waals surface area contributed by atoms with Crippen molar-refractivity contribution in [1.29, 1.82) is 10.5 Å². The van der Waals surface area contributed by atoms with Crippen LogP contribution in [0.5, 0.6) is 0 Å². The van der Waals surface area contributed by atoms with Crippen LogP contribution in [-0.4, -0.2) is 63.5 Å². The van der Waals surface area contributed by atoms with Gasteiger partial charge in [0.1, 0.15) is 11.9 Å². The Morgan fingerprint density at radius 1 is 0.657 bits per heavy atom. The zero-order valence-electron chi connectivity index (χ0n) is 38.2. The first-order valence-electron chi connectivity index (χ1n) is 21.9. The molecule has 2 fully saturated rings. The summed E-state index contributed by atoms with van der Waals surface area (Å²) in [5, 5.41) is 18.7. The van der Waals surface area contributed by atoms with Gasteiger partial charge < -0.3 is 9.80 Å². The van der Waals surface area contributed by atoms with Crippen LogP contribution in [0, 0.1) is 75.6 Å². The highest BCUT2D eigenvalue weighted by Gasteiger charge is 2.28. The Morgan fingerprint density at radius 3 is 1.58 bits per heavy atom.